The van der Waals surface area contributed by atoms with Gasteiger partial charge in [-0.05, 0) is 144 Å². The summed E-state index contributed by atoms with van der Waals surface area (Å²) in [6, 6.07) is 116. The van der Waals surface area contributed by atoms with Crippen LogP contribution in [-0.2, 0) is 0 Å². The number of fused-ring (bicyclic) bond motifs is 22. The van der Waals surface area contributed by atoms with Gasteiger partial charge in [-0.3, -0.25) is 4.57 Å². The Bertz CT molecular complexity index is 6340. The quantitative estimate of drug-likeness (QED) is 0.142. The molecule has 0 spiro atoms. The zero-order chi connectivity index (χ0) is 61.5. The van der Waals surface area contributed by atoms with E-state index in [0.29, 0.717) is 5.95 Å². The molecule has 20 aromatic rings. The second kappa shape index (κ2) is 20.4. The van der Waals surface area contributed by atoms with Crippen LogP contribution in [0.25, 0.3) is 175 Å². The Balaban J connectivity index is 0.830. The van der Waals surface area contributed by atoms with Crippen molar-refractivity contribution in [3.05, 3.63) is 322 Å². The van der Waals surface area contributed by atoms with Crippen molar-refractivity contribution in [1.29, 1.82) is 0 Å². The van der Waals surface area contributed by atoms with Crippen molar-refractivity contribution in [3.63, 3.8) is 0 Å². The minimum absolute atomic E-state index is 0.562. The molecule has 4 heterocycles. The van der Waals surface area contributed by atoms with Gasteiger partial charge in [-0.15, -0.1) is 0 Å². The van der Waals surface area contributed by atoms with Gasteiger partial charge >= 0.3 is 0 Å². The van der Waals surface area contributed by atoms with E-state index < -0.39 is 0 Å². The number of para-hydroxylation sites is 3. The maximum atomic E-state index is 7.71. The summed E-state index contributed by atoms with van der Waals surface area (Å²) in [4.78, 5) is 13.9. The molecule has 0 aliphatic carbocycles. The van der Waals surface area contributed by atoms with Crippen molar-refractivity contribution in [3.8, 4) is 45.3 Å². The van der Waals surface area contributed by atoms with Gasteiger partial charge in [0.1, 0.15) is 11.2 Å². The highest BCUT2D eigenvalue weighted by Gasteiger charge is 2.28. The predicted molar refractivity (Wildman–Crippen MR) is 394 cm³/mol. The number of hydrogen-bond donors (Lipinski definition) is 0. The van der Waals surface area contributed by atoms with E-state index in [9.17, 15) is 0 Å². The molecule has 16 aromatic carbocycles. The van der Waals surface area contributed by atoms with Gasteiger partial charge in [0.05, 0.1) is 38.8 Å². The van der Waals surface area contributed by atoms with Crippen LogP contribution in [0.5, 0.6) is 0 Å². The first-order valence-corrected chi connectivity index (χ1v) is 32.1. The summed E-state index contributed by atoms with van der Waals surface area (Å²) in [5, 5.41) is 20.5. The molecule has 0 saturated heterocycles. The molecule has 0 atom stereocenters. The average molecular weight is 1200 g/mol. The minimum Gasteiger partial charge on any atom is -0.455 e. The van der Waals surface area contributed by atoms with Gasteiger partial charge in [0.15, 0.2) is 0 Å². The van der Waals surface area contributed by atoms with E-state index in [-0.39, 0.29) is 0 Å². The second-order valence-electron chi connectivity index (χ2n) is 24.7. The van der Waals surface area contributed by atoms with Crippen LogP contribution in [0.15, 0.2) is 326 Å². The highest BCUT2D eigenvalue weighted by Crippen LogP contribution is 2.50. The minimum atomic E-state index is 0.562. The highest BCUT2D eigenvalue weighted by atomic mass is 16.3. The number of benzene rings is 16. The lowest BCUT2D eigenvalue weighted by atomic mass is 9.92. The zero-order valence-corrected chi connectivity index (χ0v) is 50.7. The molecule has 0 unspecified atom stereocenters. The summed E-state index contributed by atoms with van der Waals surface area (Å²) in [5.41, 5.74) is 16.1. The van der Waals surface area contributed by atoms with Crippen molar-refractivity contribution in [2.24, 2.45) is 0 Å². The van der Waals surface area contributed by atoms with Gasteiger partial charge in [0, 0.05) is 71.6 Å². The third-order valence-electron chi connectivity index (χ3n) is 19.7. The number of aromatic nitrogens is 4. The molecule has 0 aliphatic rings. The number of nitrogens with zero attached hydrogens (tertiary/aromatic N) is 5. The summed E-state index contributed by atoms with van der Waals surface area (Å²) in [6.07, 6.45) is 0. The normalized spacial score (nSPS) is 12.0. The maximum absolute atomic E-state index is 7.71. The second-order valence-corrected chi connectivity index (χ2v) is 24.7. The Morgan fingerprint density at radius 1 is 0.266 bits per heavy atom. The Morgan fingerprint density at radius 2 is 0.702 bits per heavy atom. The Kier molecular flexibility index (Phi) is 11.3. The molecule has 20 rings (SSSR count). The smallest absolute Gasteiger partial charge is 0.235 e. The summed E-state index contributed by atoms with van der Waals surface area (Å²) in [7, 11) is 0. The molecule has 0 bridgehead atoms. The van der Waals surface area contributed by atoms with E-state index in [1.165, 1.54) is 48.7 Å². The lowest BCUT2D eigenvalue weighted by Crippen LogP contribution is -2.10. The third-order valence-corrected chi connectivity index (χ3v) is 19.7. The Labute approximate surface area is 539 Å². The van der Waals surface area contributed by atoms with E-state index in [0.717, 1.165) is 138 Å². The number of hydrogen-bond acceptors (Lipinski definition) is 4. The summed E-state index contributed by atoms with van der Waals surface area (Å²) in [6.45, 7) is 0. The van der Waals surface area contributed by atoms with Gasteiger partial charge < -0.3 is 13.9 Å². The molecular formula is C88H53N5O. The van der Waals surface area contributed by atoms with Crippen molar-refractivity contribution in [1.82, 2.24) is 19.1 Å². The topological polar surface area (TPSA) is 52.0 Å². The number of anilines is 3. The van der Waals surface area contributed by atoms with Gasteiger partial charge in [0.25, 0.3) is 0 Å². The number of rotatable bonds is 8. The van der Waals surface area contributed by atoms with Crippen LogP contribution in [0.4, 0.5) is 17.1 Å². The van der Waals surface area contributed by atoms with E-state index in [1.807, 2.05) is 0 Å². The molecule has 436 valence electrons. The molecule has 0 fully saturated rings. The lowest BCUT2D eigenvalue weighted by Gasteiger charge is -2.26. The van der Waals surface area contributed by atoms with Crippen LogP contribution in [-0.4, -0.2) is 19.1 Å². The van der Waals surface area contributed by atoms with E-state index in [2.05, 4.69) is 336 Å². The SMILES string of the molecule is c1ccc(N(c2ccc(-c3ccc4c5c6oc7c(ccc8c9ccccc9c9ccccc9c87)c6c6ccccc6c5n(-c5nc(-c6cccc7ccccc67)cc(-c6cccc7ccccc67)n5)c4c3)cc2)c2ccc(-n3c4ccccc4c4ccccc43)cc2)cc1. The fourth-order valence-corrected chi connectivity index (χ4v) is 15.5. The fourth-order valence-electron chi connectivity index (χ4n) is 15.5. The molecule has 6 heteroatoms. The maximum Gasteiger partial charge on any atom is 0.235 e. The standard InChI is InChI=1S/C88H53N5O/c1-2-24-58(25-3-1)91(60-45-47-61(48-46-60)92-79-38-16-14-31-69(79)70-32-15-17-39-80(70)92)59-43-40-54(41-44-59)57-42-49-75-81(52-57)93(88-89-77(67-36-18-22-55-20-4-6-26-62(55)67)53-78(90-88)68-37-19-23-56-21-5-7-27-63(56)68)85-74-35-13-12-34-72(74)83-76-51-50-73-66-30-9-8-28-64(66)65-29-10-11-33-71(65)82(73)86(76)94-87(83)84(75)85/h1-53H. The predicted octanol–water partition coefficient (Wildman–Crippen LogP) is 24.0. The van der Waals surface area contributed by atoms with Crippen molar-refractivity contribution in [2.75, 3.05) is 4.90 Å². The molecule has 0 radical (unpaired) electrons. The van der Waals surface area contributed by atoms with Crippen LogP contribution in [0.3, 0.4) is 0 Å². The van der Waals surface area contributed by atoms with Crippen LogP contribution in [0.1, 0.15) is 0 Å². The first-order valence-electron chi connectivity index (χ1n) is 32.1. The van der Waals surface area contributed by atoms with E-state index in [1.54, 1.807) is 0 Å². The monoisotopic (exact) mass is 1200 g/mol. The largest absolute Gasteiger partial charge is 0.455 e. The molecule has 4 aromatic heterocycles. The van der Waals surface area contributed by atoms with Crippen LogP contribution in [0, 0.1) is 0 Å². The third kappa shape index (κ3) is 7.77. The van der Waals surface area contributed by atoms with Crippen LogP contribution >= 0.6 is 0 Å². The molecule has 0 N–H and O–H groups in total. The van der Waals surface area contributed by atoms with Gasteiger partial charge in [0.2, 0.25) is 5.95 Å². The molecule has 0 amide bonds. The highest BCUT2D eigenvalue weighted by molar-refractivity contribution is 6.39. The summed E-state index contributed by atoms with van der Waals surface area (Å²) < 4.78 is 12.4. The van der Waals surface area contributed by atoms with Crippen molar-refractivity contribution in [2.45, 2.75) is 0 Å². The molecule has 94 heavy (non-hydrogen) atoms. The Hall–Kier alpha value is -12.6. The first-order chi connectivity index (χ1) is 46.6. The van der Waals surface area contributed by atoms with E-state index >= 15 is 0 Å². The van der Waals surface area contributed by atoms with Crippen molar-refractivity contribution >= 4 is 147 Å². The summed E-state index contributed by atoms with van der Waals surface area (Å²) in [5.74, 6) is 0.562. The summed E-state index contributed by atoms with van der Waals surface area (Å²) >= 11 is 0. The Morgan fingerprint density at radius 3 is 1.32 bits per heavy atom. The van der Waals surface area contributed by atoms with Gasteiger partial charge in [-0.2, -0.15) is 0 Å². The van der Waals surface area contributed by atoms with Gasteiger partial charge in [-0.1, -0.05) is 243 Å². The van der Waals surface area contributed by atoms with Crippen LogP contribution in [0.2, 0.25) is 0 Å². The van der Waals surface area contributed by atoms with Crippen LogP contribution < -0.4 is 4.90 Å². The fraction of sp³-hybridized carbons (Fsp3) is 0. The molecule has 0 aliphatic heterocycles. The van der Waals surface area contributed by atoms with Crippen molar-refractivity contribution < 1.29 is 4.42 Å². The van der Waals surface area contributed by atoms with Gasteiger partial charge in [-0.25, -0.2) is 9.97 Å². The molecular weight excluding hydrogens is 1140 g/mol. The zero-order valence-electron chi connectivity index (χ0n) is 50.7. The molecule has 6 nitrogen and oxygen atoms in total. The average Bonchev–Trinajstić information content (AvgIpc) is 1.54. The first kappa shape index (κ1) is 52.2. The lowest BCUT2D eigenvalue weighted by molar-refractivity contribution is 0.677. The molecule has 0 saturated carbocycles. The van der Waals surface area contributed by atoms with E-state index in [4.69, 9.17) is 14.4 Å². The number of furan rings is 1.